The molecule has 0 spiro atoms. The van der Waals surface area contributed by atoms with Crippen molar-refractivity contribution in [3.63, 3.8) is 0 Å². The first-order valence-electron chi connectivity index (χ1n) is 15.1. The van der Waals surface area contributed by atoms with Crippen molar-refractivity contribution in [2.45, 2.75) is 77.3 Å². The highest BCUT2D eigenvalue weighted by molar-refractivity contribution is 5.88. The summed E-state index contributed by atoms with van der Waals surface area (Å²) in [5.41, 5.74) is 2.46. The first-order chi connectivity index (χ1) is 20.9. The third-order valence-electron chi connectivity index (χ3n) is 6.17. The lowest BCUT2D eigenvalue weighted by molar-refractivity contribution is -0.129. The lowest BCUT2D eigenvalue weighted by Gasteiger charge is -2.27. The number of unbranched alkanes of at least 4 members (excludes halogenated alkanes) is 1. The zero-order valence-corrected chi connectivity index (χ0v) is 26.1. The highest BCUT2D eigenvalue weighted by atomic mass is 16.3. The van der Waals surface area contributed by atoms with Crippen molar-refractivity contribution in [3.8, 4) is 12.3 Å². The van der Waals surface area contributed by atoms with E-state index >= 15 is 0 Å². The number of nitrogens with one attached hydrogen (secondary N) is 4. The molecule has 0 aliphatic heterocycles. The molecule has 0 rings (SSSR count). The summed E-state index contributed by atoms with van der Waals surface area (Å²) in [4.78, 5) is 36.9. The molecule has 0 bridgehead atoms. The van der Waals surface area contributed by atoms with Gasteiger partial charge in [-0.1, -0.05) is 87.1 Å². The minimum Gasteiger partial charge on any atom is -0.392 e. The Morgan fingerprint density at radius 2 is 1.84 bits per heavy atom. The van der Waals surface area contributed by atoms with Crippen LogP contribution in [-0.4, -0.2) is 61.5 Å². The fourth-order valence-corrected chi connectivity index (χ4v) is 3.99. The van der Waals surface area contributed by atoms with Crippen molar-refractivity contribution in [2.75, 3.05) is 26.2 Å². The number of hydrogen-bond acceptors (Lipinski definition) is 6. The van der Waals surface area contributed by atoms with Gasteiger partial charge in [-0.15, -0.1) is 6.42 Å². The molecule has 0 saturated heterocycles. The normalized spacial score (nSPS) is 13.5. The number of carbonyl (C=O) groups is 3. The zero-order chi connectivity index (χ0) is 32.1. The molecule has 0 aromatic carbocycles. The van der Waals surface area contributed by atoms with Crippen LogP contribution in [0.2, 0.25) is 0 Å². The third kappa shape index (κ3) is 20.6. The fraction of sp³-hybridized carbons (Fsp3) is 0.457. The van der Waals surface area contributed by atoms with Crippen molar-refractivity contribution >= 4 is 18.1 Å². The molecule has 2 unspecified atom stereocenters. The molecule has 0 aliphatic carbocycles. The highest BCUT2D eigenvalue weighted by Gasteiger charge is 2.25. The number of carbonyl (C=O) groups excluding carboxylic acids is 3. The Morgan fingerprint density at radius 1 is 1.05 bits per heavy atom. The van der Waals surface area contributed by atoms with Crippen LogP contribution < -0.4 is 21.3 Å². The monoisotopic (exact) mass is 592 g/mol. The number of allylic oxidation sites excluding steroid dienone is 9. The Labute approximate surface area is 259 Å². The second-order valence-corrected chi connectivity index (χ2v) is 9.90. The van der Waals surface area contributed by atoms with Gasteiger partial charge >= 0.3 is 0 Å². The van der Waals surface area contributed by atoms with Crippen molar-refractivity contribution in [3.05, 3.63) is 84.7 Å². The minimum absolute atomic E-state index is 0.0144. The van der Waals surface area contributed by atoms with Crippen LogP contribution in [0.25, 0.3) is 0 Å². The highest BCUT2D eigenvalue weighted by Crippen LogP contribution is 2.13. The number of aliphatic hydroxyl groups is 1. The van der Waals surface area contributed by atoms with Gasteiger partial charge in [-0.25, -0.2) is 0 Å². The largest absolute Gasteiger partial charge is 0.392 e. The number of amides is 2. The van der Waals surface area contributed by atoms with E-state index in [1.54, 1.807) is 48.6 Å². The lowest BCUT2D eigenvalue weighted by atomic mass is 10.0. The maximum absolute atomic E-state index is 13.6. The van der Waals surface area contributed by atoms with E-state index in [0.717, 1.165) is 50.0 Å². The average molecular weight is 593 g/mol. The first-order valence-corrected chi connectivity index (χ1v) is 15.1. The van der Waals surface area contributed by atoms with E-state index in [2.05, 4.69) is 60.3 Å². The van der Waals surface area contributed by atoms with Crippen LogP contribution in [0.1, 0.15) is 65.2 Å². The quantitative estimate of drug-likeness (QED) is 0.0466. The van der Waals surface area contributed by atoms with Gasteiger partial charge in [-0.05, 0) is 50.3 Å². The van der Waals surface area contributed by atoms with Crippen molar-refractivity contribution < 1.29 is 19.5 Å². The Morgan fingerprint density at radius 3 is 2.49 bits per heavy atom. The van der Waals surface area contributed by atoms with Crippen LogP contribution in [0.5, 0.6) is 0 Å². The van der Waals surface area contributed by atoms with Crippen LogP contribution >= 0.6 is 0 Å². The molecule has 236 valence electrons. The van der Waals surface area contributed by atoms with Crippen LogP contribution in [-0.2, 0) is 14.4 Å². The molecule has 0 fully saturated rings. The van der Waals surface area contributed by atoms with Gasteiger partial charge in [0.2, 0.25) is 11.8 Å². The molecule has 0 aliphatic rings. The van der Waals surface area contributed by atoms with Gasteiger partial charge in [-0.2, -0.15) is 0 Å². The SMILES string of the molecule is C#C/C=C\C=C(/CO)CNCCCCC(NC(=O)C(CC(=C)/C=C\C=C/C=C)NC(=O)CCC=O)C(=CCC)NCCC. The average Bonchev–Trinajstić information content (AvgIpc) is 3.00. The molecule has 43 heavy (non-hydrogen) atoms. The van der Waals surface area contributed by atoms with E-state index in [0.29, 0.717) is 24.8 Å². The van der Waals surface area contributed by atoms with E-state index < -0.39 is 6.04 Å². The molecule has 5 N–H and O–H groups in total. The number of rotatable bonds is 25. The maximum Gasteiger partial charge on any atom is 0.243 e. The predicted molar refractivity (Wildman–Crippen MR) is 178 cm³/mol. The van der Waals surface area contributed by atoms with E-state index in [1.165, 1.54) is 0 Å². The van der Waals surface area contributed by atoms with Crippen molar-refractivity contribution in [1.82, 2.24) is 21.3 Å². The van der Waals surface area contributed by atoms with Crippen LogP contribution in [0.15, 0.2) is 84.7 Å². The lowest BCUT2D eigenvalue weighted by Crippen LogP contribution is -2.51. The van der Waals surface area contributed by atoms with Crippen molar-refractivity contribution in [1.29, 1.82) is 0 Å². The Hall–Kier alpha value is -3.93. The van der Waals surface area contributed by atoms with Crippen molar-refractivity contribution in [2.24, 2.45) is 0 Å². The third-order valence-corrected chi connectivity index (χ3v) is 6.17. The predicted octanol–water partition coefficient (Wildman–Crippen LogP) is 4.34. The summed E-state index contributed by atoms with van der Waals surface area (Å²) < 4.78 is 0. The van der Waals surface area contributed by atoms with Crippen LogP contribution in [0.3, 0.4) is 0 Å². The summed E-state index contributed by atoms with van der Waals surface area (Å²) in [5.74, 6) is 1.75. The number of terminal acetylenes is 1. The summed E-state index contributed by atoms with van der Waals surface area (Å²) in [6, 6.07) is -1.11. The Kier molecular flexibility index (Phi) is 24.5. The summed E-state index contributed by atoms with van der Waals surface area (Å²) in [7, 11) is 0. The van der Waals surface area contributed by atoms with Crippen LogP contribution in [0, 0.1) is 12.3 Å². The molecule has 0 heterocycles. The van der Waals surface area contributed by atoms with Gasteiger partial charge in [0.25, 0.3) is 0 Å². The van der Waals surface area contributed by atoms with E-state index in [4.69, 9.17) is 6.42 Å². The van der Waals surface area contributed by atoms with E-state index in [-0.39, 0.29) is 43.7 Å². The van der Waals surface area contributed by atoms with Crippen LogP contribution in [0.4, 0.5) is 0 Å². The molecule has 0 aromatic heterocycles. The second kappa shape index (κ2) is 26.9. The molecular weight excluding hydrogens is 540 g/mol. The molecule has 2 atom stereocenters. The maximum atomic E-state index is 13.6. The van der Waals surface area contributed by atoms with E-state index in [9.17, 15) is 19.5 Å². The van der Waals surface area contributed by atoms with Gasteiger partial charge in [-0.3, -0.25) is 9.59 Å². The molecule has 8 nitrogen and oxygen atoms in total. The zero-order valence-electron chi connectivity index (χ0n) is 26.1. The topological polar surface area (TPSA) is 120 Å². The van der Waals surface area contributed by atoms with Gasteiger partial charge in [0.05, 0.1) is 12.6 Å². The summed E-state index contributed by atoms with van der Waals surface area (Å²) in [5, 5.41) is 22.3. The van der Waals surface area contributed by atoms with E-state index in [1.807, 2.05) is 0 Å². The number of hydrogen-bond donors (Lipinski definition) is 5. The Balaban J connectivity index is 5.59. The number of aldehydes is 1. The molecule has 0 aromatic rings. The fourth-order valence-electron chi connectivity index (χ4n) is 3.99. The van der Waals surface area contributed by atoms with Gasteiger partial charge in [0, 0.05) is 38.0 Å². The first kappa shape index (κ1) is 39.1. The minimum atomic E-state index is -0.842. The summed E-state index contributed by atoms with van der Waals surface area (Å²) in [6.07, 6.45) is 26.4. The van der Waals surface area contributed by atoms with Gasteiger partial charge in [0.15, 0.2) is 0 Å². The molecule has 0 saturated carbocycles. The van der Waals surface area contributed by atoms with Gasteiger partial charge < -0.3 is 31.2 Å². The smallest absolute Gasteiger partial charge is 0.243 e. The summed E-state index contributed by atoms with van der Waals surface area (Å²) >= 11 is 0. The number of aliphatic hydroxyl groups excluding tert-OH is 1. The molecule has 0 radical (unpaired) electrons. The standard InChI is InChI=1S/C35H52N4O4/c1-6-10-12-14-19-29(5)26-33(38-34(42)22-17-25-40)35(43)39-32(31(18-8-3)37-23-9-4)21-15-16-24-36-27-30(28-41)20-13-11-7-2/h2,6,10-14,18-20,25,32-33,36-37,41H,1,5,8-9,15-17,21-24,26-28H2,3-4H3,(H,38,42)(H,39,43)/b12-10-,13-11-,19-14-,30-20-,31-18?. The molecular formula is C35H52N4O4. The van der Waals surface area contributed by atoms with Gasteiger partial charge in [0.1, 0.15) is 12.3 Å². The Bertz CT molecular complexity index is 1050. The summed E-state index contributed by atoms with van der Waals surface area (Å²) in [6.45, 7) is 13.8. The molecule has 2 amide bonds. The second-order valence-electron chi connectivity index (χ2n) is 9.90. The molecule has 8 heteroatoms.